The Hall–Kier alpha value is -0.825. The monoisotopic (exact) mass is 397 g/mol. The van der Waals surface area contributed by atoms with Gasteiger partial charge in [-0.15, -0.1) is 11.6 Å². The number of hydrogen-bond donors (Lipinski definition) is 0. The van der Waals surface area contributed by atoms with Gasteiger partial charge in [-0.25, -0.2) is 9.97 Å². The average Bonchev–Trinajstić information content (AvgIpc) is 2.83. The summed E-state index contributed by atoms with van der Waals surface area (Å²) in [7, 11) is -0.441. The van der Waals surface area contributed by atoms with Gasteiger partial charge in [0.2, 0.25) is 5.91 Å². The highest BCUT2D eigenvalue weighted by molar-refractivity contribution is 7.99. The van der Waals surface area contributed by atoms with E-state index < -0.39 is 7.12 Å². The molecule has 2 aliphatic rings. The van der Waals surface area contributed by atoms with E-state index in [0.29, 0.717) is 5.25 Å². The smallest absolute Gasteiger partial charge is 0.399 e. The van der Waals surface area contributed by atoms with Gasteiger partial charge in [-0.1, -0.05) is 11.8 Å². The lowest BCUT2D eigenvalue weighted by atomic mass is 9.81. The summed E-state index contributed by atoms with van der Waals surface area (Å²) in [5, 5.41) is 1.16. The normalized spacial score (nSPS) is 22.7. The van der Waals surface area contributed by atoms with Crippen molar-refractivity contribution < 1.29 is 14.1 Å². The van der Waals surface area contributed by atoms with E-state index in [-0.39, 0.29) is 23.0 Å². The molecule has 0 unspecified atom stereocenters. The van der Waals surface area contributed by atoms with Crippen LogP contribution in [0, 0.1) is 0 Å². The predicted octanol–water partition coefficient (Wildman–Crippen LogP) is 2.10. The molecule has 3 heterocycles. The molecule has 0 saturated carbocycles. The van der Waals surface area contributed by atoms with Crippen molar-refractivity contribution in [1.82, 2.24) is 14.9 Å². The molecule has 2 saturated heterocycles. The highest BCUT2D eigenvalue weighted by Crippen LogP contribution is 2.36. The van der Waals surface area contributed by atoms with Gasteiger partial charge < -0.3 is 14.2 Å². The van der Waals surface area contributed by atoms with Crippen molar-refractivity contribution in [2.24, 2.45) is 0 Å². The maximum Gasteiger partial charge on any atom is 0.498 e. The quantitative estimate of drug-likeness (QED) is 0.440. The highest BCUT2D eigenvalue weighted by atomic mass is 35.5. The Kier molecular flexibility index (Phi) is 5.87. The molecule has 0 N–H and O–H groups in total. The summed E-state index contributed by atoms with van der Waals surface area (Å²) in [4.78, 5) is 22.4. The Morgan fingerprint density at radius 3 is 2.27 bits per heavy atom. The van der Waals surface area contributed by atoms with Crippen molar-refractivity contribution in [2.45, 2.75) is 62.1 Å². The topological polar surface area (TPSA) is 64.5 Å². The van der Waals surface area contributed by atoms with E-state index in [2.05, 4.69) is 9.97 Å². The van der Waals surface area contributed by atoms with Crippen molar-refractivity contribution >= 4 is 41.9 Å². The summed E-state index contributed by atoms with van der Waals surface area (Å²) < 4.78 is 12.1. The van der Waals surface area contributed by atoms with Crippen LogP contribution in [0.1, 0.15) is 40.5 Å². The molecule has 3 rings (SSSR count). The molecule has 0 aromatic carbocycles. The van der Waals surface area contributed by atoms with Crippen LogP contribution in [0.4, 0.5) is 0 Å². The van der Waals surface area contributed by atoms with Crippen LogP contribution in [-0.2, 0) is 14.1 Å². The molecule has 1 aromatic rings. The molecule has 0 atom stereocenters. The molecule has 2 aliphatic heterocycles. The van der Waals surface area contributed by atoms with Crippen LogP contribution in [0.2, 0.25) is 0 Å². The summed E-state index contributed by atoms with van der Waals surface area (Å²) in [6.45, 7) is 9.60. The van der Waals surface area contributed by atoms with Crippen molar-refractivity contribution in [3.63, 3.8) is 0 Å². The van der Waals surface area contributed by atoms with Crippen molar-refractivity contribution in [3.8, 4) is 0 Å². The van der Waals surface area contributed by atoms with Crippen LogP contribution in [-0.4, -0.2) is 63.3 Å². The number of alkyl halides is 1. The molecule has 1 amide bonds. The van der Waals surface area contributed by atoms with Gasteiger partial charge in [-0.2, -0.15) is 0 Å². The fourth-order valence-corrected chi connectivity index (χ4v) is 4.09. The first kappa shape index (κ1) is 19.9. The Morgan fingerprint density at radius 1 is 1.23 bits per heavy atom. The van der Waals surface area contributed by atoms with Gasteiger partial charge in [0.05, 0.1) is 11.2 Å². The number of nitrogens with zero attached hydrogens (tertiary/aromatic N) is 3. The Morgan fingerprint density at radius 2 is 1.77 bits per heavy atom. The third-order valence-corrected chi connectivity index (χ3v) is 6.81. The second-order valence-electron chi connectivity index (χ2n) is 7.72. The standard InChI is InChI=1S/C17H25BClN3O3S/c1-16(2)17(3,4)25-18(24-16)12-10-20-15(21-11-12)26-13-5-7-22(8-6-13)14(23)9-19/h10-11,13H,5-9H2,1-4H3. The van der Waals surface area contributed by atoms with Crippen molar-refractivity contribution in [2.75, 3.05) is 19.0 Å². The first-order valence-electron chi connectivity index (χ1n) is 8.90. The fourth-order valence-electron chi connectivity index (χ4n) is 2.94. The van der Waals surface area contributed by atoms with Crippen LogP contribution in [0.5, 0.6) is 0 Å². The average molecular weight is 398 g/mol. The van der Waals surface area contributed by atoms with Gasteiger partial charge in [0, 0.05) is 36.2 Å². The van der Waals surface area contributed by atoms with E-state index >= 15 is 0 Å². The molecule has 2 fully saturated rings. The molecule has 0 spiro atoms. The van der Waals surface area contributed by atoms with Gasteiger partial charge in [-0.3, -0.25) is 4.79 Å². The van der Waals surface area contributed by atoms with Crippen LogP contribution in [0.15, 0.2) is 17.6 Å². The number of carbonyl (C=O) groups is 1. The first-order valence-corrected chi connectivity index (χ1v) is 10.3. The Balaban J connectivity index is 1.55. The van der Waals surface area contributed by atoms with E-state index in [1.54, 1.807) is 24.2 Å². The summed E-state index contributed by atoms with van der Waals surface area (Å²) in [6, 6.07) is 0. The zero-order chi connectivity index (χ0) is 18.9. The molecule has 9 heteroatoms. The number of carbonyl (C=O) groups excluding carboxylic acids is 1. The molecule has 0 aliphatic carbocycles. The van der Waals surface area contributed by atoms with Crippen LogP contribution >= 0.6 is 23.4 Å². The third kappa shape index (κ3) is 4.19. The first-order chi connectivity index (χ1) is 12.2. The lowest BCUT2D eigenvalue weighted by Gasteiger charge is -2.32. The number of likely N-dealkylation sites (tertiary alicyclic amines) is 1. The molecule has 0 radical (unpaired) electrons. The third-order valence-electron chi connectivity index (χ3n) is 5.35. The number of aromatic nitrogens is 2. The minimum Gasteiger partial charge on any atom is -0.399 e. The molecular weight excluding hydrogens is 373 g/mol. The van der Waals surface area contributed by atoms with Gasteiger partial charge in [0.25, 0.3) is 0 Å². The number of thioether (sulfide) groups is 1. The maximum absolute atomic E-state index is 11.6. The lowest BCUT2D eigenvalue weighted by molar-refractivity contribution is -0.129. The summed E-state index contributed by atoms with van der Waals surface area (Å²) in [5.41, 5.74) is 0.0783. The number of piperidine rings is 1. The number of hydrogen-bond acceptors (Lipinski definition) is 6. The van der Waals surface area contributed by atoms with E-state index in [1.165, 1.54) is 0 Å². The molecule has 6 nitrogen and oxygen atoms in total. The van der Waals surface area contributed by atoms with Gasteiger partial charge in [-0.05, 0) is 40.5 Å². The summed E-state index contributed by atoms with van der Waals surface area (Å²) in [6.07, 6.45) is 5.42. The van der Waals surface area contributed by atoms with Crippen molar-refractivity contribution in [1.29, 1.82) is 0 Å². The number of rotatable bonds is 4. The Labute approximate surface area is 164 Å². The predicted molar refractivity (Wildman–Crippen MR) is 104 cm³/mol. The minimum atomic E-state index is -0.441. The second kappa shape index (κ2) is 7.66. The minimum absolute atomic E-state index is 0.0122. The molecule has 142 valence electrons. The zero-order valence-electron chi connectivity index (χ0n) is 15.7. The fraction of sp³-hybridized carbons (Fsp3) is 0.706. The van der Waals surface area contributed by atoms with Crippen LogP contribution in [0.3, 0.4) is 0 Å². The lowest BCUT2D eigenvalue weighted by Crippen LogP contribution is -2.41. The van der Waals surface area contributed by atoms with Gasteiger partial charge in [0.15, 0.2) is 5.16 Å². The highest BCUT2D eigenvalue weighted by Gasteiger charge is 2.51. The second-order valence-corrected chi connectivity index (χ2v) is 9.25. The molecule has 26 heavy (non-hydrogen) atoms. The van der Waals surface area contributed by atoms with E-state index in [0.717, 1.165) is 36.6 Å². The molecular formula is C17H25BClN3O3S. The zero-order valence-corrected chi connectivity index (χ0v) is 17.3. The largest absolute Gasteiger partial charge is 0.498 e. The van der Waals surface area contributed by atoms with Gasteiger partial charge >= 0.3 is 7.12 Å². The number of amides is 1. The van der Waals surface area contributed by atoms with Gasteiger partial charge in [0.1, 0.15) is 5.88 Å². The molecule has 1 aromatic heterocycles. The van der Waals surface area contributed by atoms with E-state index in [1.807, 2.05) is 32.6 Å². The van der Waals surface area contributed by atoms with E-state index in [9.17, 15) is 4.79 Å². The SMILES string of the molecule is CC1(C)OB(c2cnc(SC3CCN(C(=O)CCl)CC3)nc2)OC1(C)C. The van der Waals surface area contributed by atoms with E-state index in [4.69, 9.17) is 20.9 Å². The molecule has 0 bridgehead atoms. The summed E-state index contributed by atoms with van der Waals surface area (Å²) in [5.74, 6) is 0.0690. The maximum atomic E-state index is 11.6. The number of halogens is 1. The van der Waals surface area contributed by atoms with Crippen molar-refractivity contribution in [3.05, 3.63) is 12.4 Å². The van der Waals surface area contributed by atoms with Crippen LogP contribution in [0.25, 0.3) is 0 Å². The summed E-state index contributed by atoms with van der Waals surface area (Å²) >= 11 is 7.28. The Bertz CT molecular complexity index is 635. The van der Waals surface area contributed by atoms with Crippen LogP contribution < -0.4 is 5.46 Å².